The lowest BCUT2D eigenvalue weighted by molar-refractivity contribution is -0.384. The van der Waals surface area contributed by atoms with Crippen molar-refractivity contribution >= 4 is 11.6 Å². The largest absolute Gasteiger partial charge is 0.355 e. The van der Waals surface area contributed by atoms with E-state index in [1.165, 1.54) is 12.1 Å². The summed E-state index contributed by atoms with van der Waals surface area (Å²) in [4.78, 5) is 22.0. The number of benzene rings is 1. The van der Waals surface area contributed by atoms with Gasteiger partial charge in [-0.2, -0.15) is 0 Å². The van der Waals surface area contributed by atoms with Gasteiger partial charge >= 0.3 is 0 Å². The van der Waals surface area contributed by atoms with Crippen molar-refractivity contribution in [2.45, 2.75) is 39.8 Å². The third-order valence-electron chi connectivity index (χ3n) is 3.17. The topological polar surface area (TPSA) is 84.3 Å². The van der Waals surface area contributed by atoms with Gasteiger partial charge < -0.3 is 10.6 Å². The Labute approximate surface area is 125 Å². The lowest BCUT2D eigenvalue weighted by Gasteiger charge is -2.14. The summed E-state index contributed by atoms with van der Waals surface area (Å²) in [6.45, 7) is 7.21. The molecule has 0 spiro atoms. The fourth-order valence-corrected chi connectivity index (χ4v) is 1.74. The minimum atomic E-state index is -0.429. The first-order chi connectivity index (χ1) is 9.90. The zero-order valence-corrected chi connectivity index (χ0v) is 12.8. The summed E-state index contributed by atoms with van der Waals surface area (Å²) >= 11 is 0. The zero-order valence-electron chi connectivity index (χ0n) is 12.8. The highest BCUT2D eigenvalue weighted by Crippen LogP contribution is 2.11. The lowest BCUT2D eigenvalue weighted by Crippen LogP contribution is -2.42. The van der Waals surface area contributed by atoms with Gasteiger partial charge in [0.1, 0.15) is 0 Å². The average Bonchev–Trinajstić information content (AvgIpc) is 2.44. The average molecular weight is 293 g/mol. The lowest BCUT2D eigenvalue weighted by atomic mass is 10.1. The highest BCUT2D eigenvalue weighted by molar-refractivity contribution is 5.81. The molecule has 1 atom stereocenters. The summed E-state index contributed by atoms with van der Waals surface area (Å²) in [5, 5.41) is 16.5. The van der Waals surface area contributed by atoms with Crippen molar-refractivity contribution < 1.29 is 9.72 Å². The molecule has 0 aliphatic carbocycles. The minimum absolute atomic E-state index is 0.0300. The standard InChI is InChI=1S/C15H23N3O3/c1-11(2)8-9-16-15(19)12(3)17-10-13-4-6-14(7-5-13)18(20)21/h4-7,11-12,17H,8-10H2,1-3H3,(H,16,19). The number of amides is 1. The molecule has 0 aromatic heterocycles. The Bertz CT molecular complexity index is 472. The van der Waals surface area contributed by atoms with Crippen LogP contribution >= 0.6 is 0 Å². The predicted molar refractivity (Wildman–Crippen MR) is 81.9 cm³/mol. The Balaban J connectivity index is 2.36. The van der Waals surface area contributed by atoms with Crippen LogP contribution in [0.15, 0.2) is 24.3 Å². The highest BCUT2D eigenvalue weighted by Gasteiger charge is 2.12. The van der Waals surface area contributed by atoms with E-state index in [1.807, 2.05) is 0 Å². The van der Waals surface area contributed by atoms with Crippen LogP contribution in [0.3, 0.4) is 0 Å². The van der Waals surface area contributed by atoms with Crippen LogP contribution in [0.5, 0.6) is 0 Å². The van der Waals surface area contributed by atoms with E-state index in [2.05, 4.69) is 24.5 Å². The molecule has 6 heteroatoms. The maximum atomic E-state index is 11.8. The van der Waals surface area contributed by atoms with E-state index >= 15 is 0 Å². The number of carbonyl (C=O) groups excluding carboxylic acids is 1. The molecule has 0 fully saturated rings. The number of nitro groups is 1. The fraction of sp³-hybridized carbons (Fsp3) is 0.533. The molecular weight excluding hydrogens is 270 g/mol. The van der Waals surface area contributed by atoms with E-state index in [4.69, 9.17) is 0 Å². The molecular formula is C15H23N3O3. The highest BCUT2D eigenvalue weighted by atomic mass is 16.6. The third-order valence-corrected chi connectivity index (χ3v) is 3.17. The predicted octanol–water partition coefficient (Wildman–Crippen LogP) is 2.24. The number of hydrogen-bond acceptors (Lipinski definition) is 4. The van der Waals surface area contributed by atoms with Crippen LogP contribution < -0.4 is 10.6 Å². The van der Waals surface area contributed by atoms with Crippen molar-refractivity contribution in [2.75, 3.05) is 6.54 Å². The summed E-state index contributed by atoms with van der Waals surface area (Å²) in [6.07, 6.45) is 0.959. The molecule has 2 N–H and O–H groups in total. The second kappa shape index (κ2) is 8.36. The van der Waals surface area contributed by atoms with E-state index < -0.39 is 4.92 Å². The number of non-ortho nitro benzene ring substituents is 1. The Morgan fingerprint density at radius 2 is 1.86 bits per heavy atom. The van der Waals surface area contributed by atoms with E-state index in [9.17, 15) is 14.9 Å². The molecule has 0 aliphatic heterocycles. The van der Waals surface area contributed by atoms with Gasteiger partial charge in [-0.05, 0) is 24.8 Å². The molecule has 1 aromatic carbocycles. The third kappa shape index (κ3) is 6.35. The van der Waals surface area contributed by atoms with Gasteiger partial charge in [0.2, 0.25) is 5.91 Å². The van der Waals surface area contributed by atoms with Gasteiger partial charge in [-0.3, -0.25) is 14.9 Å². The van der Waals surface area contributed by atoms with Crippen molar-refractivity contribution in [1.82, 2.24) is 10.6 Å². The maximum absolute atomic E-state index is 11.8. The minimum Gasteiger partial charge on any atom is -0.355 e. The molecule has 0 saturated heterocycles. The SMILES string of the molecule is CC(C)CCNC(=O)C(C)NCc1ccc([N+](=O)[O-])cc1. The Morgan fingerprint density at radius 1 is 1.24 bits per heavy atom. The summed E-state index contributed by atoms with van der Waals surface area (Å²) < 4.78 is 0. The molecule has 0 heterocycles. The molecule has 6 nitrogen and oxygen atoms in total. The van der Waals surface area contributed by atoms with Crippen LogP contribution in [0.25, 0.3) is 0 Å². The first-order valence-corrected chi connectivity index (χ1v) is 7.14. The monoisotopic (exact) mass is 293 g/mol. The normalized spacial score (nSPS) is 12.2. The number of nitrogens with one attached hydrogen (secondary N) is 2. The number of carbonyl (C=O) groups is 1. The van der Waals surface area contributed by atoms with Crippen LogP contribution in [0.4, 0.5) is 5.69 Å². The molecule has 1 rings (SSSR count). The van der Waals surface area contributed by atoms with Gasteiger partial charge in [-0.25, -0.2) is 0 Å². The van der Waals surface area contributed by atoms with Gasteiger partial charge in [0, 0.05) is 25.2 Å². The van der Waals surface area contributed by atoms with Crippen molar-refractivity contribution in [3.63, 3.8) is 0 Å². The number of nitro benzene ring substituents is 1. The van der Waals surface area contributed by atoms with Crippen LogP contribution in [0, 0.1) is 16.0 Å². The molecule has 0 saturated carbocycles. The summed E-state index contributed by atoms with van der Waals surface area (Å²) in [7, 11) is 0. The van der Waals surface area contributed by atoms with E-state index in [1.54, 1.807) is 19.1 Å². The van der Waals surface area contributed by atoms with Crippen LogP contribution in [-0.4, -0.2) is 23.4 Å². The van der Waals surface area contributed by atoms with Crippen molar-refractivity contribution in [3.05, 3.63) is 39.9 Å². The van der Waals surface area contributed by atoms with E-state index in [0.717, 1.165) is 12.0 Å². The van der Waals surface area contributed by atoms with Gasteiger partial charge in [0.15, 0.2) is 0 Å². The van der Waals surface area contributed by atoms with Crippen LogP contribution in [0.2, 0.25) is 0 Å². The second-order valence-corrected chi connectivity index (χ2v) is 5.50. The zero-order chi connectivity index (χ0) is 15.8. The molecule has 0 bridgehead atoms. The molecule has 1 amide bonds. The quantitative estimate of drug-likeness (QED) is 0.568. The molecule has 1 unspecified atom stereocenters. The maximum Gasteiger partial charge on any atom is 0.269 e. The summed E-state index contributed by atoms with van der Waals surface area (Å²) in [5.41, 5.74) is 0.973. The second-order valence-electron chi connectivity index (χ2n) is 5.50. The van der Waals surface area contributed by atoms with E-state index in [0.29, 0.717) is 19.0 Å². The van der Waals surface area contributed by atoms with Crippen molar-refractivity contribution in [1.29, 1.82) is 0 Å². The number of rotatable bonds is 8. The van der Waals surface area contributed by atoms with Crippen LogP contribution in [-0.2, 0) is 11.3 Å². The molecule has 0 aliphatic rings. The van der Waals surface area contributed by atoms with Gasteiger partial charge in [-0.15, -0.1) is 0 Å². The van der Waals surface area contributed by atoms with Gasteiger partial charge in [0.25, 0.3) is 5.69 Å². The first kappa shape index (κ1) is 17.1. The smallest absolute Gasteiger partial charge is 0.269 e. The van der Waals surface area contributed by atoms with Crippen LogP contribution in [0.1, 0.15) is 32.8 Å². The number of hydrogen-bond donors (Lipinski definition) is 2. The first-order valence-electron chi connectivity index (χ1n) is 7.14. The van der Waals surface area contributed by atoms with Gasteiger partial charge in [-0.1, -0.05) is 26.0 Å². The molecule has 21 heavy (non-hydrogen) atoms. The molecule has 116 valence electrons. The fourth-order valence-electron chi connectivity index (χ4n) is 1.74. The molecule has 0 radical (unpaired) electrons. The van der Waals surface area contributed by atoms with Gasteiger partial charge in [0.05, 0.1) is 11.0 Å². The number of nitrogens with zero attached hydrogens (tertiary/aromatic N) is 1. The molecule has 1 aromatic rings. The van der Waals surface area contributed by atoms with E-state index in [-0.39, 0.29) is 17.6 Å². The summed E-state index contributed by atoms with van der Waals surface area (Å²) in [6, 6.07) is 6.00. The van der Waals surface area contributed by atoms with Crippen molar-refractivity contribution in [2.24, 2.45) is 5.92 Å². The summed E-state index contributed by atoms with van der Waals surface area (Å²) in [5.74, 6) is 0.534. The Hall–Kier alpha value is -1.95. The Morgan fingerprint density at radius 3 is 2.38 bits per heavy atom. The van der Waals surface area contributed by atoms with Crippen molar-refractivity contribution in [3.8, 4) is 0 Å². The Kier molecular flexibility index (Phi) is 6.81.